The molecule has 0 amide bonds. The molecule has 0 spiro atoms. The van der Waals surface area contributed by atoms with Crippen molar-refractivity contribution in [2.24, 2.45) is 0 Å². The van der Waals surface area contributed by atoms with E-state index >= 15 is 0 Å². The molecular formula is C36H51F2N3O5. The minimum absolute atomic E-state index is 0.306. The molecule has 1 aliphatic heterocycles. The van der Waals surface area contributed by atoms with Crippen LogP contribution in [-0.4, -0.2) is 81.6 Å². The van der Waals surface area contributed by atoms with E-state index in [2.05, 4.69) is 34.4 Å². The van der Waals surface area contributed by atoms with Crippen molar-refractivity contribution in [2.75, 3.05) is 66.8 Å². The van der Waals surface area contributed by atoms with Gasteiger partial charge in [0.1, 0.15) is 5.75 Å². The van der Waals surface area contributed by atoms with Crippen LogP contribution in [0.15, 0.2) is 66.9 Å². The molecule has 46 heavy (non-hydrogen) atoms. The lowest BCUT2D eigenvalue weighted by atomic mass is 10.0. The first-order valence-electron chi connectivity index (χ1n) is 15.2. The van der Waals surface area contributed by atoms with Gasteiger partial charge in [-0.1, -0.05) is 23.8 Å². The number of aromatic nitrogens is 1. The fourth-order valence-electron chi connectivity index (χ4n) is 4.61. The molecule has 5 rings (SSSR count). The van der Waals surface area contributed by atoms with Gasteiger partial charge in [0.2, 0.25) is 0 Å². The van der Waals surface area contributed by atoms with Gasteiger partial charge in [0, 0.05) is 31.8 Å². The van der Waals surface area contributed by atoms with E-state index in [4.69, 9.17) is 24.5 Å². The zero-order valence-electron chi connectivity index (χ0n) is 28.3. The van der Waals surface area contributed by atoms with Gasteiger partial charge < -0.3 is 19.3 Å². The number of aryl methyl sites for hydroxylation is 4. The summed E-state index contributed by atoms with van der Waals surface area (Å²) in [6, 6.07) is 18.6. The number of methoxy groups -OCH3 is 2. The van der Waals surface area contributed by atoms with Gasteiger partial charge in [-0.05, 0) is 106 Å². The predicted octanol–water partition coefficient (Wildman–Crippen LogP) is 7.34. The van der Waals surface area contributed by atoms with Crippen molar-refractivity contribution in [1.82, 2.24) is 9.88 Å². The molecule has 1 aliphatic rings. The molecular weight excluding hydrogens is 592 g/mol. The van der Waals surface area contributed by atoms with Gasteiger partial charge in [-0.2, -0.15) is 0 Å². The van der Waals surface area contributed by atoms with Gasteiger partial charge in [-0.25, -0.2) is 4.39 Å². The maximum atomic E-state index is 12.6. The van der Waals surface area contributed by atoms with Gasteiger partial charge in [-0.3, -0.25) is 25.0 Å². The molecule has 1 aromatic heterocycles. The Kier molecular flexibility index (Phi) is 20.5. The Morgan fingerprint density at radius 1 is 0.848 bits per heavy atom. The Labute approximate surface area is 272 Å². The summed E-state index contributed by atoms with van der Waals surface area (Å²) in [4.78, 5) is 6.99. The quantitative estimate of drug-likeness (QED) is 0.136. The third-order valence-electron chi connectivity index (χ3n) is 7.12. The molecule has 0 atom stereocenters. The van der Waals surface area contributed by atoms with E-state index in [9.17, 15) is 8.78 Å². The second kappa shape index (κ2) is 23.5. The molecule has 0 radical (unpaired) electrons. The number of unbranched alkanes of at least 4 members (excludes halogenated alkanes) is 1. The van der Waals surface area contributed by atoms with Crippen molar-refractivity contribution in [3.05, 3.63) is 94.9 Å². The van der Waals surface area contributed by atoms with Crippen LogP contribution in [0.1, 0.15) is 35.1 Å². The van der Waals surface area contributed by atoms with Crippen molar-refractivity contribution in [3.8, 4) is 11.5 Å². The average Bonchev–Trinajstić information content (AvgIpc) is 3.11. The summed E-state index contributed by atoms with van der Waals surface area (Å²) < 4.78 is 37.9. The highest BCUT2D eigenvalue weighted by Crippen LogP contribution is 2.28. The molecule has 254 valence electrons. The zero-order chi connectivity index (χ0) is 34.3. The van der Waals surface area contributed by atoms with Gasteiger partial charge >= 0.3 is 0 Å². The molecule has 2 heterocycles. The van der Waals surface area contributed by atoms with Crippen LogP contribution >= 0.6 is 0 Å². The lowest BCUT2D eigenvalue weighted by Crippen LogP contribution is -2.36. The Balaban J connectivity index is 0.000000380. The van der Waals surface area contributed by atoms with Crippen LogP contribution < -0.4 is 15.0 Å². The van der Waals surface area contributed by atoms with E-state index in [1.807, 2.05) is 50.4 Å². The van der Waals surface area contributed by atoms with Crippen molar-refractivity contribution in [3.63, 3.8) is 0 Å². The van der Waals surface area contributed by atoms with Crippen LogP contribution in [-0.2, 0) is 11.2 Å². The molecule has 3 aromatic carbocycles. The normalized spacial score (nSPS) is 12.1. The minimum Gasteiger partial charge on any atom is -0.496 e. The van der Waals surface area contributed by atoms with Crippen LogP contribution in [0.5, 0.6) is 11.5 Å². The fourth-order valence-corrected chi connectivity index (χ4v) is 4.61. The Morgan fingerprint density at radius 2 is 1.48 bits per heavy atom. The number of ether oxygens (including phenoxy) is 3. The summed E-state index contributed by atoms with van der Waals surface area (Å²) in [6.45, 7) is 11.1. The minimum atomic E-state index is -0.312. The number of rotatable bonds is 8. The van der Waals surface area contributed by atoms with Gasteiger partial charge in [0.25, 0.3) is 0 Å². The highest BCUT2D eigenvalue weighted by atomic mass is 19.1. The van der Waals surface area contributed by atoms with Gasteiger partial charge in [0.15, 0.2) is 11.6 Å². The van der Waals surface area contributed by atoms with E-state index in [0.29, 0.717) is 12.9 Å². The van der Waals surface area contributed by atoms with E-state index in [1.165, 1.54) is 48.1 Å². The first kappa shape index (κ1) is 40.2. The topological polar surface area (TPSA) is 96.3 Å². The number of hydrogen-bond acceptors (Lipinski definition) is 8. The van der Waals surface area contributed by atoms with Crippen molar-refractivity contribution in [1.29, 1.82) is 0 Å². The van der Waals surface area contributed by atoms with Crippen molar-refractivity contribution in [2.45, 2.75) is 40.0 Å². The van der Waals surface area contributed by atoms with Gasteiger partial charge in [0.05, 0.1) is 45.8 Å². The Bertz CT molecular complexity index is 1380. The number of nitrogens with one attached hydrogen (secondary N) is 1. The van der Waals surface area contributed by atoms with E-state index in [0.717, 1.165) is 68.9 Å². The molecule has 4 aromatic rings. The number of aliphatic hydroxyl groups is 1. The summed E-state index contributed by atoms with van der Waals surface area (Å²) in [5.41, 5.74) is 8.53. The monoisotopic (exact) mass is 643 g/mol. The summed E-state index contributed by atoms with van der Waals surface area (Å²) in [5, 5.41) is 16.6. The van der Waals surface area contributed by atoms with Crippen LogP contribution in [0.3, 0.4) is 0 Å². The van der Waals surface area contributed by atoms with Crippen molar-refractivity contribution < 1.29 is 33.3 Å². The highest BCUT2D eigenvalue weighted by molar-refractivity contribution is 5.84. The second-order valence-electron chi connectivity index (χ2n) is 10.3. The Morgan fingerprint density at radius 3 is 2.07 bits per heavy atom. The number of alkyl halides is 1. The second-order valence-corrected chi connectivity index (χ2v) is 10.3. The summed E-state index contributed by atoms with van der Waals surface area (Å²) >= 11 is 0. The molecule has 8 nitrogen and oxygen atoms in total. The first-order valence-corrected chi connectivity index (χ1v) is 15.2. The number of morpholine rings is 1. The van der Waals surface area contributed by atoms with Crippen LogP contribution in [0.4, 0.5) is 14.5 Å². The van der Waals surface area contributed by atoms with Crippen LogP contribution in [0, 0.1) is 26.6 Å². The number of nitrogens with zero attached hydrogens (tertiary/aromatic N) is 2. The molecule has 3 N–H and O–H groups in total. The number of benzene rings is 3. The smallest absolute Gasteiger partial charge is 0.165 e. The van der Waals surface area contributed by atoms with Crippen LogP contribution in [0.2, 0.25) is 0 Å². The number of anilines is 1. The molecule has 0 bridgehead atoms. The van der Waals surface area contributed by atoms with Crippen LogP contribution in [0.25, 0.3) is 10.9 Å². The number of fused-ring (bicyclic) bond motifs is 1. The molecule has 1 saturated heterocycles. The largest absolute Gasteiger partial charge is 0.496 e. The number of halogens is 2. The third-order valence-corrected chi connectivity index (χ3v) is 7.12. The number of aliphatic hydroxyl groups excluding tert-OH is 1. The third kappa shape index (κ3) is 14.1. The van der Waals surface area contributed by atoms with Gasteiger partial charge in [-0.15, -0.1) is 0 Å². The number of pyridine rings is 1. The van der Waals surface area contributed by atoms with E-state index in [-0.39, 0.29) is 5.82 Å². The highest BCUT2D eigenvalue weighted by Gasteiger charge is 2.11. The Hall–Kier alpha value is -3.83. The van der Waals surface area contributed by atoms with Crippen molar-refractivity contribution >= 4 is 16.6 Å². The zero-order valence-corrected chi connectivity index (χ0v) is 28.3. The maximum absolute atomic E-state index is 12.6. The lowest BCUT2D eigenvalue weighted by molar-refractivity contribution is 0.0372. The molecule has 1 fully saturated rings. The molecule has 0 saturated carbocycles. The summed E-state index contributed by atoms with van der Waals surface area (Å²) in [5.74, 6) is 0.980. The SMILES string of the molecule is CF.CO.COc1cc(C)ccc1F.COc1cc2c(C)ccnc2cc1CCCCN1CCOCC1.Cc1ccc(NO)cc1. The van der Waals surface area contributed by atoms with E-state index in [1.54, 1.807) is 19.2 Å². The average molecular weight is 644 g/mol. The first-order chi connectivity index (χ1) is 22.3. The summed E-state index contributed by atoms with van der Waals surface area (Å²) in [6.07, 6.45) is 5.30. The lowest BCUT2D eigenvalue weighted by Gasteiger charge is -2.26. The maximum Gasteiger partial charge on any atom is 0.165 e. The fraction of sp³-hybridized carbons (Fsp3) is 0.417. The van der Waals surface area contributed by atoms with E-state index < -0.39 is 0 Å². The molecule has 0 unspecified atom stereocenters. The predicted molar refractivity (Wildman–Crippen MR) is 183 cm³/mol. The standard InChI is InChI=1S/C19H26N2O2.C8H9FO.C7H9NO.CH3F.CH4O/c1-15-6-7-20-18-13-16(19(22-2)14-17(15)18)5-3-4-8-21-9-11-23-12-10-21;1-6-3-4-7(9)8(5-6)10-2;1-6-2-4-7(8-9)5-3-6;2*1-2/h6-7,13-14H,3-5,8-12H2,1-2H3;3-5H,1-2H3;2-5,8-9H,1H3;1H3;2H,1H3. The summed E-state index contributed by atoms with van der Waals surface area (Å²) in [7, 11) is 4.71. The number of hydrogen-bond donors (Lipinski definition) is 3. The molecule has 10 heteroatoms. The molecule has 0 aliphatic carbocycles.